The molecule has 5 nitrogen and oxygen atoms in total. The van der Waals surface area contributed by atoms with Crippen molar-refractivity contribution >= 4 is 39.6 Å². The van der Waals surface area contributed by atoms with Crippen molar-refractivity contribution in [3.8, 4) is 0 Å². The molecule has 0 aliphatic heterocycles. The molecule has 2 heterocycles. The number of methoxy groups -OCH3 is 1. The fraction of sp³-hybridized carbons (Fsp3) is 0.357. The molecule has 0 fully saturated rings. The molecule has 0 saturated heterocycles. The highest BCUT2D eigenvalue weighted by Gasteiger charge is 2.22. The van der Waals surface area contributed by atoms with Crippen molar-refractivity contribution in [2.75, 3.05) is 12.4 Å². The maximum absolute atomic E-state index is 11.7. The Morgan fingerprint density at radius 3 is 2.57 bits per heavy atom. The molecule has 0 aliphatic carbocycles. The van der Waals surface area contributed by atoms with Gasteiger partial charge in [0.05, 0.1) is 13.2 Å². The molecule has 0 aromatic carbocycles. The Hall–Kier alpha value is -1.73. The standard InChI is InChI=1S/C14H16N2O3S2/c1-7-5-6-10(20-7)8(2)15-14-16-11(13(18)19-4)12(21-14)9(3)17/h5-6,8H,1-4H3,(H,15,16). The summed E-state index contributed by atoms with van der Waals surface area (Å²) >= 11 is 2.87. The van der Waals surface area contributed by atoms with E-state index in [0.29, 0.717) is 10.0 Å². The van der Waals surface area contributed by atoms with Crippen LogP contribution in [0.3, 0.4) is 0 Å². The van der Waals surface area contributed by atoms with Crippen molar-refractivity contribution in [1.29, 1.82) is 0 Å². The van der Waals surface area contributed by atoms with Gasteiger partial charge in [-0.3, -0.25) is 4.79 Å². The molecule has 1 N–H and O–H groups in total. The zero-order valence-corrected chi connectivity index (χ0v) is 13.9. The summed E-state index contributed by atoms with van der Waals surface area (Å²) in [6.45, 7) is 5.47. The minimum absolute atomic E-state index is 0.0557. The third kappa shape index (κ3) is 3.48. The largest absolute Gasteiger partial charge is 0.464 e. The third-order valence-electron chi connectivity index (χ3n) is 2.85. The molecule has 7 heteroatoms. The number of aromatic nitrogens is 1. The molecule has 2 aromatic rings. The fourth-order valence-electron chi connectivity index (χ4n) is 1.80. The molecule has 0 radical (unpaired) electrons. The number of esters is 1. The van der Waals surface area contributed by atoms with Crippen LogP contribution in [0, 0.1) is 6.92 Å². The van der Waals surface area contributed by atoms with Crippen LogP contribution in [0.2, 0.25) is 0 Å². The van der Waals surface area contributed by atoms with Crippen LogP contribution in [0.25, 0.3) is 0 Å². The first kappa shape index (κ1) is 15.7. The number of thiophene rings is 1. The number of ether oxygens (including phenoxy) is 1. The number of nitrogens with one attached hydrogen (secondary N) is 1. The van der Waals surface area contributed by atoms with Gasteiger partial charge in [-0.1, -0.05) is 11.3 Å². The van der Waals surface area contributed by atoms with E-state index in [4.69, 9.17) is 0 Å². The number of Topliss-reactive ketones (excluding diaryl/α,β-unsaturated/α-hetero) is 1. The Balaban J connectivity index is 2.24. The lowest BCUT2D eigenvalue weighted by Crippen LogP contribution is -2.08. The number of carbonyl (C=O) groups is 2. The van der Waals surface area contributed by atoms with Crippen LogP contribution in [-0.2, 0) is 4.74 Å². The number of thiazole rings is 1. The lowest BCUT2D eigenvalue weighted by atomic mass is 10.3. The van der Waals surface area contributed by atoms with Gasteiger partial charge in [-0.15, -0.1) is 11.3 Å². The van der Waals surface area contributed by atoms with Gasteiger partial charge in [-0.2, -0.15) is 0 Å². The number of hydrogen-bond donors (Lipinski definition) is 1. The van der Waals surface area contributed by atoms with E-state index in [9.17, 15) is 9.59 Å². The molecule has 0 amide bonds. The van der Waals surface area contributed by atoms with Crippen molar-refractivity contribution in [1.82, 2.24) is 4.98 Å². The molecule has 1 atom stereocenters. The maximum Gasteiger partial charge on any atom is 0.358 e. The summed E-state index contributed by atoms with van der Waals surface area (Å²) in [5, 5.41) is 3.76. The van der Waals surface area contributed by atoms with Gasteiger partial charge < -0.3 is 10.1 Å². The van der Waals surface area contributed by atoms with Gasteiger partial charge in [0.2, 0.25) is 0 Å². The van der Waals surface area contributed by atoms with Crippen molar-refractivity contribution in [2.24, 2.45) is 0 Å². The Labute approximate surface area is 131 Å². The van der Waals surface area contributed by atoms with E-state index < -0.39 is 5.97 Å². The minimum Gasteiger partial charge on any atom is -0.464 e. The highest BCUT2D eigenvalue weighted by atomic mass is 32.1. The second-order valence-corrected chi connectivity index (χ2v) is 6.88. The van der Waals surface area contributed by atoms with Crippen LogP contribution in [0.4, 0.5) is 5.13 Å². The molecule has 2 aromatic heterocycles. The van der Waals surface area contributed by atoms with Crippen LogP contribution in [0.5, 0.6) is 0 Å². The van der Waals surface area contributed by atoms with Crippen LogP contribution in [0.1, 0.15) is 49.8 Å². The molecule has 2 rings (SSSR count). The zero-order valence-electron chi connectivity index (χ0n) is 12.2. The maximum atomic E-state index is 11.7. The second-order valence-electron chi connectivity index (χ2n) is 4.56. The Morgan fingerprint density at radius 2 is 2.05 bits per heavy atom. The van der Waals surface area contributed by atoms with Gasteiger partial charge in [-0.05, 0) is 26.0 Å². The summed E-state index contributed by atoms with van der Waals surface area (Å²) in [5.74, 6) is -0.787. The molecule has 0 aliphatic rings. The van der Waals surface area contributed by atoms with E-state index in [0.717, 1.165) is 0 Å². The van der Waals surface area contributed by atoms with E-state index in [-0.39, 0.29) is 17.5 Å². The molecule has 0 saturated carbocycles. The summed E-state index contributed by atoms with van der Waals surface area (Å²) in [7, 11) is 1.27. The normalized spacial score (nSPS) is 12.0. The lowest BCUT2D eigenvalue weighted by Gasteiger charge is -2.10. The molecular weight excluding hydrogens is 308 g/mol. The summed E-state index contributed by atoms with van der Waals surface area (Å²) in [5.41, 5.74) is 0.0760. The average molecular weight is 324 g/mol. The highest BCUT2D eigenvalue weighted by Crippen LogP contribution is 2.30. The van der Waals surface area contributed by atoms with Gasteiger partial charge >= 0.3 is 5.97 Å². The Bertz CT molecular complexity index is 676. The van der Waals surface area contributed by atoms with E-state index in [1.165, 1.54) is 35.1 Å². The monoisotopic (exact) mass is 324 g/mol. The third-order valence-corrected chi connectivity index (χ3v) is 5.12. The van der Waals surface area contributed by atoms with E-state index >= 15 is 0 Å². The predicted octanol–water partition coefficient (Wildman–Crippen LogP) is 3.68. The van der Waals surface area contributed by atoms with E-state index in [1.54, 1.807) is 11.3 Å². The predicted molar refractivity (Wildman–Crippen MR) is 84.6 cm³/mol. The first-order valence-corrected chi connectivity index (χ1v) is 7.98. The molecule has 0 spiro atoms. The van der Waals surface area contributed by atoms with Crippen molar-refractivity contribution in [3.63, 3.8) is 0 Å². The molecule has 112 valence electrons. The number of anilines is 1. The number of carbonyl (C=O) groups excluding carboxylic acids is 2. The van der Waals surface area contributed by atoms with Gasteiger partial charge in [0.25, 0.3) is 0 Å². The van der Waals surface area contributed by atoms with Gasteiger partial charge in [0, 0.05) is 16.7 Å². The van der Waals surface area contributed by atoms with Gasteiger partial charge in [0.1, 0.15) is 4.88 Å². The lowest BCUT2D eigenvalue weighted by molar-refractivity contribution is 0.0591. The highest BCUT2D eigenvalue weighted by molar-refractivity contribution is 7.17. The first-order valence-electron chi connectivity index (χ1n) is 6.35. The summed E-state index contributed by atoms with van der Waals surface area (Å²) in [6.07, 6.45) is 0. The van der Waals surface area contributed by atoms with Crippen molar-refractivity contribution in [2.45, 2.75) is 26.8 Å². The SMILES string of the molecule is COC(=O)c1nc(NC(C)c2ccc(C)s2)sc1C(C)=O. The van der Waals surface area contributed by atoms with Crippen LogP contribution in [-0.4, -0.2) is 23.8 Å². The minimum atomic E-state index is -0.593. The van der Waals surface area contributed by atoms with Gasteiger partial charge in [-0.25, -0.2) is 9.78 Å². The molecule has 0 bridgehead atoms. The number of hydrogen-bond acceptors (Lipinski definition) is 7. The smallest absolute Gasteiger partial charge is 0.358 e. The first-order chi connectivity index (χ1) is 9.92. The number of ketones is 1. The molecule has 1 unspecified atom stereocenters. The van der Waals surface area contributed by atoms with Crippen LogP contribution >= 0.6 is 22.7 Å². The summed E-state index contributed by atoms with van der Waals surface area (Å²) in [6, 6.07) is 4.17. The van der Waals surface area contributed by atoms with E-state index in [1.807, 2.05) is 13.8 Å². The molecule has 21 heavy (non-hydrogen) atoms. The van der Waals surface area contributed by atoms with Crippen LogP contribution in [0.15, 0.2) is 12.1 Å². The zero-order chi connectivity index (χ0) is 15.6. The topological polar surface area (TPSA) is 68.3 Å². The quantitative estimate of drug-likeness (QED) is 0.671. The Morgan fingerprint density at radius 1 is 1.33 bits per heavy atom. The van der Waals surface area contributed by atoms with E-state index in [2.05, 4.69) is 27.2 Å². The number of nitrogens with zero attached hydrogens (tertiary/aromatic N) is 1. The summed E-state index contributed by atoms with van der Waals surface area (Å²) < 4.78 is 4.66. The van der Waals surface area contributed by atoms with Crippen molar-refractivity contribution in [3.05, 3.63) is 32.5 Å². The van der Waals surface area contributed by atoms with Crippen molar-refractivity contribution < 1.29 is 14.3 Å². The van der Waals surface area contributed by atoms with Crippen LogP contribution < -0.4 is 5.32 Å². The summed E-state index contributed by atoms with van der Waals surface area (Å²) in [4.78, 5) is 30.2. The Kier molecular flexibility index (Phi) is 4.74. The average Bonchev–Trinajstić information content (AvgIpc) is 3.04. The molecular formula is C14H16N2O3S2. The fourth-order valence-corrected chi connectivity index (χ4v) is 3.61. The second kappa shape index (κ2) is 6.36. The number of rotatable bonds is 5. The number of aryl methyl sites for hydroxylation is 1. The van der Waals surface area contributed by atoms with Gasteiger partial charge in [0.15, 0.2) is 16.6 Å².